The van der Waals surface area contributed by atoms with Crippen LogP contribution in [0.25, 0.3) is 11.3 Å². The van der Waals surface area contributed by atoms with E-state index in [2.05, 4.69) is 5.32 Å². The number of pyridine rings is 1. The van der Waals surface area contributed by atoms with Crippen molar-refractivity contribution in [2.75, 3.05) is 14.2 Å². The van der Waals surface area contributed by atoms with Gasteiger partial charge in [-0.3, -0.25) is 14.2 Å². The maximum absolute atomic E-state index is 12.4. The second-order valence-electron chi connectivity index (χ2n) is 4.51. The number of rotatable bonds is 4. The third kappa shape index (κ3) is 2.83. The Kier molecular flexibility index (Phi) is 4.59. The van der Waals surface area contributed by atoms with Crippen molar-refractivity contribution in [1.29, 1.82) is 5.26 Å². The van der Waals surface area contributed by atoms with Gasteiger partial charge in [-0.05, 0) is 24.3 Å². The molecular weight excluding hydrogens is 282 g/mol. The average Bonchev–Trinajstić information content (AvgIpc) is 2.56. The van der Waals surface area contributed by atoms with Gasteiger partial charge in [0.1, 0.15) is 23.9 Å². The number of nitrogens with one attached hydrogen (secondary N) is 1. The Morgan fingerprint density at radius 1 is 1.32 bits per heavy atom. The number of aromatic nitrogens is 1. The Morgan fingerprint density at radius 3 is 2.68 bits per heavy atom. The fourth-order valence-electron chi connectivity index (χ4n) is 2.13. The number of nitriles is 1. The molecule has 0 atom stereocenters. The van der Waals surface area contributed by atoms with Gasteiger partial charge in [0.15, 0.2) is 0 Å². The predicted octanol–water partition coefficient (Wildman–Crippen LogP) is 1.14. The zero-order valence-corrected chi connectivity index (χ0v) is 12.3. The van der Waals surface area contributed by atoms with Gasteiger partial charge in [0, 0.05) is 12.6 Å². The molecule has 0 aliphatic heterocycles. The minimum absolute atomic E-state index is 0.0115. The number of amides is 1. The van der Waals surface area contributed by atoms with E-state index in [1.807, 2.05) is 18.2 Å². The van der Waals surface area contributed by atoms with Gasteiger partial charge in [-0.2, -0.15) is 5.26 Å². The van der Waals surface area contributed by atoms with E-state index >= 15 is 0 Å². The molecule has 0 unspecified atom stereocenters. The highest BCUT2D eigenvalue weighted by Gasteiger charge is 2.15. The van der Waals surface area contributed by atoms with E-state index < -0.39 is 5.56 Å². The topological polar surface area (TPSA) is 84.1 Å². The van der Waals surface area contributed by atoms with Crippen molar-refractivity contribution in [1.82, 2.24) is 9.88 Å². The summed E-state index contributed by atoms with van der Waals surface area (Å²) in [5.74, 6) is 0.255. The molecule has 0 saturated carbocycles. The number of nitrogens with zero attached hydrogens (tertiary/aromatic N) is 2. The van der Waals surface area contributed by atoms with Gasteiger partial charge < -0.3 is 10.1 Å². The molecule has 0 bridgehead atoms. The molecule has 1 heterocycles. The summed E-state index contributed by atoms with van der Waals surface area (Å²) in [4.78, 5) is 24.1. The van der Waals surface area contributed by atoms with Gasteiger partial charge in [-0.15, -0.1) is 0 Å². The van der Waals surface area contributed by atoms with Crippen LogP contribution in [0.2, 0.25) is 0 Å². The van der Waals surface area contributed by atoms with Crippen molar-refractivity contribution in [3.8, 4) is 23.1 Å². The highest BCUT2D eigenvalue weighted by atomic mass is 16.5. The Hall–Kier alpha value is -3.07. The van der Waals surface area contributed by atoms with Gasteiger partial charge >= 0.3 is 0 Å². The summed E-state index contributed by atoms with van der Waals surface area (Å²) in [5, 5.41) is 11.5. The van der Waals surface area contributed by atoms with Crippen LogP contribution in [0.15, 0.2) is 41.2 Å². The first-order chi connectivity index (χ1) is 10.6. The first-order valence-electron chi connectivity index (χ1n) is 6.60. The van der Waals surface area contributed by atoms with E-state index in [0.717, 1.165) is 0 Å². The van der Waals surface area contributed by atoms with E-state index in [4.69, 9.17) is 10.00 Å². The zero-order chi connectivity index (χ0) is 16.1. The normalized spacial score (nSPS) is 9.86. The van der Waals surface area contributed by atoms with Crippen LogP contribution in [0.1, 0.15) is 5.56 Å². The monoisotopic (exact) mass is 297 g/mol. The van der Waals surface area contributed by atoms with Crippen molar-refractivity contribution in [3.63, 3.8) is 0 Å². The van der Waals surface area contributed by atoms with Gasteiger partial charge in [0.05, 0.1) is 12.8 Å². The molecule has 2 aromatic rings. The van der Waals surface area contributed by atoms with Gasteiger partial charge in [0.25, 0.3) is 5.56 Å². The van der Waals surface area contributed by atoms with Crippen LogP contribution < -0.4 is 15.6 Å². The number of carbonyl (C=O) groups is 1. The molecule has 1 aromatic carbocycles. The van der Waals surface area contributed by atoms with Crippen LogP contribution in [0.5, 0.6) is 5.75 Å². The predicted molar refractivity (Wildman–Crippen MR) is 81.5 cm³/mol. The molecule has 0 fully saturated rings. The molecule has 1 aromatic heterocycles. The van der Waals surface area contributed by atoms with Crippen molar-refractivity contribution < 1.29 is 9.53 Å². The lowest BCUT2D eigenvalue weighted by Crippen LogP contribution is -2.32. The Labute approximate surface area is 127 Å². The van der Waals surface area contributed by atoms with Crippen LogP contribution in [-0.2, 0) is 11.3 Å². The summed E-state index contributed by atoms with van der Waals surface area (Å²) >= 11 is 0. The number of likely N-dealkylation sites (N-methyl/N-ethyl adjacent to an activating group) is 1. The fourth-order valence-corrected chi connectivity index (χ4v) is 2.13. The molecule has 6 nitrogen and oxygen atoms in total. The largest absolute Gasteiger partial charge is 0.496 e. The van der Waals surface area contributed by atoms with Crippen LogP contribution in [0, 0.1) is 11.3 Å². The first-order valence-corrected chi connectivity index (χ1v) is 6.60. The lowest BCUT2D eigenvalue weighted by atomic mass is 10.1. The van der Waals surface area contributed by atoms with Crippen molar-refractivity contribution in [2.24, 2.45) is 0 Å². The molecule has 112 valence electrons. The maximum atomic E-state index is 12.4. The second-order valence-corrected chi connectivity index (χ2v) is 4.51. The Balaban J connectivity index is 2.70. The maximum Gasteiger partial charge on any atom is 0.269 e. The van der Waals surface area contributed by atoms with Crippen LogP contribution in [0.4, 0.5) is 0 Å². The number of methoxy groups -OCH3 is 1. The van der Waals surface area contributed by atoms with Crippen LogP contribution in [0.3, 0.4) is 0 Å². The molecule has 2 rings (SSSR count). The lowest BCUT2D eigenvalue weighted by molar-refractivity contribution is -0.121. The minimum atomic E-state index is -0.505. The Bertz CT molecular complexity index is 803. The van der Waals surface area contributed by atoms with E-state index in [-0.39, 0.29) is 18.0 Å². The quantitative estimate of drug-likeness (QED) is 0.917. The van der Waals surface area contributed by atoms with E-state index in [0.29, 0.717) is 17.0 Å². The number of hydrogen-bond donors (Lipinski definition) is 1. The lowest BCUT2D eigenvalue weighted by Gasteiger charge is -2.15. The van der Waals surface area contributed by atoms with Crippen molar-refractivity contribution in [3.05, 3.63) is 52.3 Å². The molecule has 0 aliphatic carbocycles. The van der Waals surface area contributed by atoms with E-state index in [1.165, 1.54) is 24.8 Å². The fraction of sp³-hybridized carbons (Fsp3) is 0.188. The van der Waals surface area contributed by atoms with Gasteiger partial charge in [0.2, 0.25) is 5.91 Å². The zero-order valence-electron chi connectivity index (χ0n) is 12.3. The number of carbonyl (C=O) groups excluding carboxylic acids is 1. The Morgan fingerprint density at radius 2 is 2.05 bits per heavy atom. The number of hydrogen-bond acceptors (Lipinski definition) is 4. The SMILES string of the molecule is CNC(=O)Cn1c(-c2ccccc2OC)ccc(C#N)c1=O. The van der Waals surface area contributed by atoms with Crippen LogP contribution >= 0.6 is 0 Å². The molecule has 1 amide bonds. The molecule has 0 saturated heterocycles. The van der Waals surface area contributed by atoms with Gasteiger partial charge in [-0.1, -0.05) is 12.1 Å². The molecule has 0 spiro atoms. The van der Waals surface area contributed by atoms with E-state index in [1.54, 1.807) is 18.2 Å². The van der Waals surface area contributed by atoms with E-state index in [9.17, 15) is 9.59 Å². The third-order valence-corrected chi connectivity index (χ3v) is 3.26. The molecule has 0 aliphatic rings. The highest BCUT2D eigenvalue weighted by Crippen LogP contribution is 2.28. The molecule has 22 heavy (non-hydrogen) atoms. The average molecular weight is 297 g/mol. The third-order valence-electron chi connectivity index (χ3n) is 3.26. The summed E-state index contributed by atoms with van der Waals surface area (Å²) in [6.07, 6.45) is 0. The smallest absolute Gasteiger partial charge is 0.269 e. The summed E-state index contributed by atoms with van der Waals surface area (Å²) < 4.78 is 6.57. The van der Waals surface area contributed by atoms with Crippen molar-refractivity contribution >= 4 is 5.91 Å². The molecule has 1 N–H and O–H groups in total. The molecule has 6 heteroatoms. The number of ether oxygens (including phenoxy) is 1. The summed E-state index contributed by atoms with van der Waals surface area (Å²) in [7, 11) is 3.02. The van der Waals surface area contributed by atoms with Crippen LogP contribution in [-0.4, -0.2) is 24.6 Å². The highest BCUT2D eigenvalue weighted by molar-refractivity contribution is 5.77. The number of para-hydroxylation sites is 1. The van der Waals surface area contributed by atoms with Crippen molar-refractivity contribution in [2.45, 2.75) is 6.54 Å². The summed E-state index contributed by atoms with van der Waals surface area (Å²) in [6.45, 7) is -0.168. The second kappa shape index (κ2) is 6.59. The number of benzene rings is 1. The summed E-state index contributed by atoms with van der Waals surface area (Å²) in [6, 6.07) is 12.1. The first kappa shape index (κ1) is 15.3. The molecular formula is C16H15N3O3. The van der Waals surface area contributed by atoms with Gasteiger partial charge in [-0.25, -0.2) is 0 Å². The molecule has 0 radical (unpaired) electrons. The standard InChI is InChI=1S/C16H15N3O3/c1-18-15(20)10-19-13(8-7-11(9-17)16(19)21)12-5-3-4-6-14(12)22-2/h3-8H,10H2,1-2H3,(H,18,20). The summed E-state index contributed by atoms with van der Waals surface area (Å²) in [5.41, 5.74) is 0.678. The minimum Gasteiger partial charge on any atom is -0.496 e.